The Labute approximate surface area is 182 Å². The lowest BCUT2D eigenvalue weighted by Crippen LogP contribution is -2.11. The van der Waals surface area contributed by atoms with Gasteiger partial charge in [0.25, 0.3) is 0 Å². The summed E-state index contributed by atoms with van der Waals surface area (Å²) >= 11 is 6.94. The number of hydrogen-bond donors (Lipinski definition) is 0. The molecule has 0 aliphatic heterocycles. The van der Waals surface area contributed by atoms with Gasteiger partial charge < -0.3 is 9.47 Å². The van der Waals surface area contributed by atoms with Gasteiger partial charge in [-0.1, -0.05) is 29.8 Å². The van der Waals surface area contributed by atoms with E-state index in [0.717, 1.165) is 17.4 Å². The fraction of sp³-hybridized carbons (Fsp3) is 0.150. The highest BCUT2D eigenvalue weighted by atomic mass is 35.5. The van der Waals surface area contributed by atoms with Crippen molar-refractivity contribution in [2.75, 3.05) is 7.11 Å². The molecule has 0 aliphatic rings. The van der Waals surface area contributed by atoms with Gasteiger partial charge in [0, 0.05) is 17.7 Å². The van der Waals surface area contributed by atoms with Gasteiger partial charge in [-0.3, -0.25) is 4.57 Å². The molecule has 6 nitrogen and oxygen atoms in total. The number of fused-ring (bicyclic) bond motifs is 1. The minimum absolute atomic E-state index is 0.0505. The number of thiophene rings is 1. The van der Waals surface area contributed by atoms with Gasteiger partial charge in [0.2, 0.25) is 0 Å². The van der Waals surface area contributed by atoms with Crippen molar-refractivity contribution in [2.45, 2.75) is 12.8 Å². The number of halogens is 4. The molecular formula is C20H13ClF3N3O3S. The molecule has 0 amide bonds. The number of methoxy groups -OCH3 is 1. The molecule has 4 rings (SSSR count). The number of nitrogens with zero attached hydrogens (tertiary/aromatic N) is 3. The van der Waals surface area contributed by atoms with Crippen molar-refractivity contribution in [3.8, 4) is 10.8 Å². The third-order valence-electron chi connectivity index (χ3n) is 4.40. The van der Waals surface area contributed by atoms with Crippen LogP contribution in [0.3, 0.4) is 0 Å². The molecular weight excluding hydrogens is 455 g/mol. The van der Waals surface area contributed by atoms with Crippen molar-refractivity contribution in [1.82, 2.24) is 14.5 Å². The Hall–Kier alpha value is -3.11. The first-order valence-corrected chi connectivity index (χ1v) is 9.96. The fourth-order valence-electron chi connectivity index (χ4n) is 2.96. The van der Waals surface area contributed by atoms with Crippen LogP contribution in [0.15, 0.2) is 48.9 Å². The number of carbonyl (C=O) groups excluding carboxylic acids is 1. The zero-order chi connectivity index (χ0) is 22.2. The third-order valence-corrected chi connectivity index (χ3v) is 5.70. The van der Waals surface area contributed by atoms with Crippen LogP contribution < -0.4 is 4.74 Å². The van der Waals surface area contributed by atoms with E-state index in [1.165, 1.54) is 37.8 Å². The van der Waals surface area contributed by atoms with Gasteiger partial charge in [0.05, 0.1) is 29.9 Å². The molecule has 3 aromatic heterocycles. The summed E-state index contributed by atoms with van der Waals surface area (Å²) < 4.78 is 51.9. The van der Waals surface area contributed by atoms with E-state index in [0.29, 0.717) is 16.0 Å². The van der Waals surface area contributed by atoms with Gasteiger partial charge in [-0.15, -0.1) is 11.3 Å². The second-order valence-electron chi connectivity index (χ2n) is 6.32. The molecule has 11 heteroatoms. The normalized spacial score (nSPS) is 11.6. The van der Waals surface area contributed by atoms with E-state index in [9.17, 15) is 18.0 Å². The Kier molecular flexibility index (Phi) is 5.59. The summed E-state index contributed by atoms with van der Waals surface area (Å²) in [7, 11) is 1.21. The first-order valence-electron chi connectivity index (χ1n) is 8.77. The number of alkyl halides is 3. The topological polar surface area (TPSA) is 66.2 Å². The van der Waals surface area contributed by atoms with E-state index in [-0.39, 0.29) is 28.0 Å². The lowest BCUT2D eigenvalue weighted by molar-refractivity contribution is -0.138. The highest BCUT2D eigenvalue weighted by molar-refractivity contribution is 7.16. The molecule has 0 N–H and O–H groups in total. The van der Waals surface area contributed by atoms with Crippen LogP contribution >= 0.6 is 22.9 Å². The number of benzene rings is 1. The van der Waals surface area contributed by atoms with Crippen molar-refractivity contribution >= 4 is 39.9 Å². The molecule has 0 atom stereocenters. The van der Waals surface area contributed by atoms with Crippen LogP contribution in [0.1, 0.15) is 20.8 Å². The van der Waals surface area contributed by atoms with Crippen molar-refractivity contribution in [3.05, 3.63) is 70.1 Å². The maximum atomic E-state index is 13.2. The molecule has 0 radical (unpaired) electrons. The monoisotopic (exact) mass is 467 g/mol. The van der Waals surface area contributed by atoms with Gasteiger partial charge in [-0.25, -0.2) is 14.8 Å². The zero-order valence-corrected chi connectivity index (χ0v) is 17.4. The lowest BCUT2D eigenvalue weighted by atomic mass is 10.1. The number of ether oxygens (including phenoxy) is 2. The summed E-state index contributed by atoms with van der Waals surface area (Å²) in [6.45, 7) is -0.377. The van der Waals surface area contributed by atoms with Gasteiger partial charge in [-0.2, -0.15) is 13.2 Å². The third kappa shape index (κ3) is 4.21. The Morgan fingerprint density at radius 1 is 1.23 bits per heavy atom. The molecule has 0 saturated carbocycles. The Bertz CT molecular complexity index is 1270. The first kappa shape index (κ1) is 21.1. The molecule has 4 aromatic rings. The van der Waals surface area contributed by atoms with Gasteiger partial charge in [0.15, 0.2) is 4.88 Å². The SMILES string of the molecule is COC(=O)c1sc(-n2cnc3cc(Cl)ncc32)cc1OCc1ccccc1C(F)(F)F. The average molecular weight is 468 g/mol. The molecule has 160 valence electrons. The largest absolute Gasteiger partial charge is 0.487 e. The highest BCUT2D eigenvalue weighted by Crippen LogP contribution is 2.36. The van der Waals surface area contributed by atoms with Crippen LogP contribution in [-0.4, -0.2) is 27.6 Å². The zero-order valence-electron chi connectivity index (χ0n) is 15.8. The lowest BCUT2D eigenvalue weighted by Gasteiger charge is -2.13. The molecule has 0 saturated heterocycles. The van der Waals surface area contributed by atoms with Crippen LogP contribution in [0.5, 0.6) is 5.75 Å². The van der Waals surface area contributed by atoms with Crippen LogP contribution in [0.4, 0.5) is 13.2 Å². The number of rotatable bonds is 5. The van der Waals surface area contributed by atoms with Crippen molar-refractivity contribution in [2.24, 2.45) is 0 Å². The average Bonchev–Trinajstić information content (AvgIpc) is 3.34. The molecule has 0 aliphatic carbocycles. The smallest absolute Gasteiger partial charge is 0.416 e. The first-order chi connectivity index (χ1) is 14.8. The van der Waals surface area contributed by atoms with Crippen molar-refractivity contribution < 1.29 is 27.4 Å². The van der Waals surface area contributed by atoms with Gasteiger partial charge in [-0.05, 0) is 6.07 Å². The predicted molar refractivity (Wildman–Crippen MR) is 109 cm³/mol. The summed E-state index contributed by atoms with van der Waals surface area (Å²) in [5.41, 5.74) is 0.379. The molecule has 31 heavy (non-hydrogen) atoms. The van der Waals surface area contributed by atoms with Crippen LogP contribution in [0.2, 0.25) is 5.15 Å². The van der Waals surface area contributed by atoms with Crippen molar-refractivity contribution in [1.29, 1.82) is 0 Å². The number of carbonyl (C=O) groups is 1. The number of pyridine rings is 1. The quantitative estimate of drug-likeness (QED) is 0.285. The Balaban J connectivity index is 1.70. The maximum absolute atomic E-state index is 13.2. The fourth-order valence-corrected chi connectivity index (χ4v) is 4.12. The summed E-state index contributed by atoms with van der Waals surface area (Å²) in [4.78, 5) is 20.6. The van der Waals surface area contributed by atoms with E-state index in [4.69, 9.17) is 21.1 Å². The van der Waals surface area contributed by atoms with Gasteiger partial charge >= 0.3 is 12.1 Å². The molecule has 1 aromatic carbocycles. The number of hydrogen-bond acceptors (Lipinski definition) is 6. The Morgan fingerprint density at radius 3 is 2.74 bits per heavy atom. The van der Waals surface area contributed by atoms with Crippen LogP contribution in [-0.2, 0) is 17.5 Å². The van der Waals surface area contributed by atoms with Crippen LogP contribution in [0, 0.1) is 0 Å². The summed E-state index contributed by atoms with van der Waals surface area (Å²) in [6.07, 6.45) is -1.46. The Morgan fingerprint density at radius 2 is 2.00 bits per heavy atom. The molecule has 0 unspecified atom stereocenters. The minimum Gasteiger partial charge on any atom is -0.487 e. The summed E-state index contributed by atoms with van der Waals surface area (Å²) in [5.74, 6) is -0.562. The molecule has 0 spiro atoms. The maximum Gasteiger partial charge on any atom is 0.416 e. The predicted octanol–water partition coefficient (Wildman–Crippen LogP) is 5.52. The molecule has 3 heterocycles. The van der Waals surface area contributed by atoms with E-state index in [1.54, 1.807) is 16.7 Å². The standard InChI is InChI=1S/C20H13ClF3N3O3S/c1-29-19(28)18-15(30-9-11-4-2-3-5-12(11)20(22,23)24)7-17(31-18)27-10-26-13-6-16(21)25-8-14(13)27/h2-8,10H,9H2,1H3. The van der Waals surface area contributed by atoms with E-state index >= 15 is 0 Å². The number of imidazole rings is 1. The minimum atomic E-state index is -4.52. The van der Waals surface area contributed by atoms with E-state index in [1.807, 2.05) is 0 Å². The second-order valence-corrected chi connectivity index (χ2v) is 7.74. The van der Waals surface area contributed by atoms with E-state index in [2.05, 4.69) is 9.97 Å². The van der Waals surface area contributed by atoms with Gasteiger partial charge in [0.1, 0.15) is 28.8 Å². The van der Waals surface area contributed by atoms with Crippen LogP contribution in [0.25, 0.3) is 16.0 Å². The highest BCUT2D eigenvalue weighted by Gasteiger charge is 2.33. The summed E-state index contributed by atoms with van der Waals surface area (Å²) in [6, 6.07) is 8.24. The van der Waals surface area contributed by atoms with E-state index < -0.39 is 17.7 Å². The summed E-state index contributed by atoms with van der Waals surface area (Å²) in [5, 5.41) is 0.831. The molecule has 0 fully saturated rings. The number of esters is 1. The second kappa shape index (κ2) is 8.20. The molecule has 0 bridgehead atoms. The van der Waals surface area contributed by atoms with Crippen molar-refractivity contribution in [3.63, 3.8) is 0 Å². The number of aromatic nitrogens is 3.